The first-order valence-electron chi connectivity index (χ1n) is 7.33. The summed E-state index contributed by atoms with van der Waals surface area (Å²) in [6.45, 7) is -2.67. The number of halogens is 3. The molecule has 0 amide bonds. The van der Waals surface area contributed by atoms with E-state index in [1.807, 2.05) is 12.1 Å². The molecular weight excluding hydrogens is 335 g/mol. The van der Waals surface area contributed by atoms with Gasteiger partial charge in [0.25, 0.3) is 0 Å². The number of benzene rings is 1. The molecule has 130 valence electrons. The highest BCUT2D eigenvalue weighted by atomic mass is 19.3. The lowest BCUT2D eigenvalue weighted by Gasteiger charge is -2.06. The number of nitrogens with zero attached hydrogens (tertiary/aromatic N) is 3. The van der Waals surface area contributed by atoms with E-state index < -0.39 is 18.2 Å². The average Bonchev–Trinajstić information content (AvgIpc) is 3.05. The van der Waals surface area contributed by atoms with Gasteiger partial charge in [0.1, 0.15) is 0 Å². The number of pyridine rings is 1. The lowest BCUT2D eigenvalue weighted by atomic mass is 10.1. The van der Waals surface area contributed by atoms with Crippen LogP contribution >= 0.6 is 0 Å². The Balaban J connectivity index is 1.78. The van der Waals surface area contributed by atoms with Crippen LogP contribution in [0.4, 0.5) is 13.2 Å². The van der Waals surface area contributed by atoms with Gasteiger partial charge in [-0.2, -0.15) is 13.9 Å². The van der Waals surface area contributed by atoms with Crippen LogP contribution in [0.25, 0.3) is 11.3 Å². The zero-order valence-electron chi connectivity index (χ0n) is 13.2. The summed E-state index contributed by atoms with van der Waals surface area (Å²) in [5, 5.41) is 4.34. The summed E-state index contributed by atoms with van der Waals surface area (Å²) in [5.74, 6) is -0.873. The van der Waals surface area contributed by atoms with Crippen molar-refractivity contribution >= 4 is 0 Å². The van der Waals surface area contributed by atoms with E-state index in [1.54, 1.807) is 23.0 Å². The number of aromatic nitrogens is 3. The molecule has 0 saturated heterocycles. The fourth-order valence-electron chi connectivity index (χ4n) is 2.28. The number of ether oxygens (including phenoxy) is 2. The van der Waals surface area contributed by atoms with E-state index >= 15 is 0 Å². The van der Waals surface area contributed by atoms with Gasteiger partial charge in [0.2, 0.25) is 5.88 Å². The van der Waals surface area contributed by atoms with Crippen LogP contribution in [-0.2, 0) is 6.54 Å². The maximum atomic E-state index is 13.8. The SMILES string of the molecule is COc1cccc(Cn2ccc(-c3ccc(OC(F)F)c(F)c3)n2)n1. The zero-order chi connectivity index (χ0) is 17.8. The molecule has 0 radical (unpaired) electrons. The highest BCUT2D eigenvalue weighted by Crippen LogP contribution is 2.25. The lowest BCUT2D eigenvalue weighted by molar-refractivity contribution is -0.0521. The van der Waals surface area contributed by atoms with Gasteiger partial charge in [0.15, 0.2) is 11.6 Å². The van der Waals surface area contributed by atoms with Crippen LogP contribution in [0.2, 0.25) is 0 Å². The number of methoxy groups -OCH3 is 1. The molecular formula is C17H14F3N3O2. The molecule has 0 fully saturated rings. The standard InChI is InChI=1S/C17H14F3N3O2/c1-24-16-4-2-3-12(21-16)10-23-8-7-14(22-23)11-5-6-15(13(18)9-11)25-17(19)20/h2-9,17H,10H2,1H3. The van der Waals surface area contributed by atoms with Crippen molar-refractivity contribution < 1.29 is 22.6 Å². The van der Waals surface area contributed by atoms with Crippen molar-refractivity contribution in [1.29, 1.82) is 0 Å². The summed E-state index contributed by atoms with van der Waals surface area (Å²) in [7, 11) is 1.54. The number of hydrogen-bond donors (Lipinski definition) is 0. The molecule has 0 atom stereocenters. The first kappa shape index (κ1) is 16.8. The quantitative estimate of drug-likeness (QED) is 0.680. The van der Waals surface area contributed by atoms with Crippen LogP contribution in [0.1, 0.15) is 5.69 Å². The number of hydrogen-bond acceptors (Lipinski definition) is 4. The van der Waals surface area contributed by atoms with Gasteiger partial charge in [0.05, 0.1) is 25.0 Å². The molecule has 0 aliphatic heterocycles. The van der Waals surface area contributed by atoms with E-state index in [9.17, 15) is 13.2 Å². The first-order chi connectivity index (χ1) is 12.0. The Hall–Kier alpha value is -3.03. The van der Waals surface area contributed by atoms with Gasteiger partial charge in [-0.05, 0) is 30.3 Å². The molecule has 1 aromatic carbocycles. The third-order valence-corrected chi connectivity index (χ3v) is 3.40. The monoisotopic (exact) mass is 349 g/mol. The summed E-state index contributed by atoms with van der Waals surface area (Å²) in [4.78, 5) is 4.29. The van der Waals surface area contributed by atoms with E-state index in [2.05, 4.69) is 14.8 Å². The van der Waals surface area contributed by atoms with E-state index in [0.29, 0.717) is 23.7 Å². The maximum absolute atomic E-state index is 13.8. The van der Waals surface area contributed by atoms with Crippen LogP contribution in [0.3, 0.4) is 0 Å². The van der Waals surface area contributed by atoms with E-state index in [0.717, 1.165) is 17.8 Å². The van der Waals surface area contributed by atoms with Gasteiger partial charge in [-0.3, -0.25) is 4.68 Å². The van der Waals surface area contributed by atoms with Gasteiger partial charge in [-0.25, -0.2) is 9.37 Å². The normalized spacial score (nSPS) is 10.9. The molecule has 3 rings (SSSR count). The topological polar surface area (TPSA) is 49.2 Å². The molecule has 0 spiro atoms. The van der Waals surface area contributed by atoms with Gasteiger partial charge >= 0.3 is 6.61 Å². The van der Waals surface area contributed by atoms with E-state index in [-0.39, 0.29) is 0 Å². The minimum absolute atomic E-state index is 0.409. The molecule has 0 bridgehead atoms. The molecule has 0 aliphatic carbocycles. The van der Waals surface area contributed by atoms with Crippen molar-refractivity contribution in [2.24, 2.45) is 0 Å². The van der Waals surface area contributed by atoms with E-state index in [4.69, 9.17) is 4.74 Å². The van der Waals surface area contributed by atoms with Crippen LogP contribution in [-0.4, -0.2) is 28.5 Å². The highest BCUT2D eigenvalue weighted by Gasteiger charge is 2.12. The molecule has 2 aromatic heterocycles. The third kappa shape index (κ3) is 4.09. The van der Waals surface area contributed by atoms with Crippen molar-refractivity contribution in [3.8, 4) is 22.9 Å². The van der Waals surface area contributed by atoms with Crippen molar-refractivity contribution in [2.45, 2.75) is 13.2 Å². The van der Waals surface area contributed by atoms with Crippen LogP contribution < -0.4 is 9.47 Å². The van der Waals surface area contributed by atoms with Crippen molar-refractivity contribution in [2.75, 3.05) is 7.11 Å². The Morgan fingerprint density at radius 2 is 2.00 bits per heavy atom. The van der Waals surface area contributed by atoms with Gasteiger partial charge in [-0.15, -0.1) is 0 Å². The summed E-state index contributed by atoms with van der Waals surface area (Å²) in [6, 6.07) is 10.8. The molecule has 0 N–H and O–H groups in total. The molecule has 0 saturated carbocycles. The Morgan fingerprint density at radius 3 is 2.72 bits per heavy atom. The summed E-state index contributed by atoms with van der Waals surface area (Å²) in [5.41, 5.74) is 1.71. The molecule has 0 unspecified atom stereocenters. The molecule has 8 heteroatoms. The van der Waals surface area contributed by atoms with Crippen LogP contribution in [0.5, 0.6) is 11.6 Å². The molecule has 5 nitrogen and oxygen atoms in total. The predicted molar refractivity (Wildman–Crippen MR) is 84.1 cm³/mol. The molecule has 25 heavy (non-hydrogen) atoms. The molecule has 0 aliphatic rings. The van der Waals surface area contributed by atoms with Gasteiger partial charge in [0, 0.05) is 17.8 Å². The second-order valence-corrected chi connectivity index (χ2v) is 5.09. The second kappa shape index (κ2) is 7.25. The van der Waals surface area contributed by atoms with Crippen molar-refractivity contribution in [3.63, 3.8) is 0 Å². The fraction of sp³-hybridized carbons (Fsp3) is 0.176. The molecule has 2 heterocycles. The van der Waals surface area contributed by atoms with Gasteiger partial charge in [-0.1, -0.05) is 6.07 Å². The predicted octanol–water partition coefficient (Wildman–Crippen LogP) is 3.74. The van der Waals surface area contributed by atoms with Crippen LogP contribution in [0.15, 0.2) is 48.7 Å². The minimum atomic E-state index is -3.07. The maximum Gasteiger partial charge on any atom is 0.387 e. The summed E-state index contributed by atoms with van der Waals surface area (Å²) in [6.07, 6.45) is 1.72. The van der Waals surface area contributed by atoms with Crippen molar-refractivity contribution in [1.82, 2.24) is 14.8 Å². The number of rotatable bonds is 6. The Kier molecular flexibility index (Phi) is 4.87. The molecule has 3 aromatic rings. The second-order valence-electron chi connectivity index (χ2n) is 5.09. The summed E-state index contributed by atoms with van der Waals surface area (Å²) >= 11 is 0. The Morgan fingerprint density at radius 1 is 1.16 bits per heavy atom. The lowest BCUT2D eigenvalue weighted by Crippen LogP contribution is -2.04. The Bertz CT molecular complexity index is 868. The van der Waals surface area contributed by atoms with Crippen LogP contribution in [0, 0.1) is 5.82 Å². The highest BCUT2D eigenvalue weighted by molar-refractivity contribution is 5.59. The average molecular weight is 349 g/mol. The van der Waals surface area contributed by atoms with Crippen molar-refractivity contribution in [3.05, 3.63) is 60.2 Å². The third-order valence-electron chi connectivity index (χ3n) is 3.40. The Labute approximate surface area is 141 Å². The zero-order valence-corrected chi connectivity index (χ0v) is 13.2. The minimum Gasteiger partial charge on any atom is -0.481 e. The van der Waals surface area contributed by atoms with Gasteiger partial charge < -0.3 is 9.47 Å². The smallest absolute Gasteiger partial charge is 0.387 e. The summed E-state index contributed by atoms with van der Waals surface area (Å²) < 4.78 is 49.0. The van der Waals surface area contributed by atoms with E-state index in [1.165, 1.54) is 13.2 Å². The largest absolute Gasteiger partial charge is 0.481 e. The fourth-order valence-corrected chi connectivity index (χ4v) is 2.28. The number of alkyl halides is 2. The first-order valence-corrected chi connectivity index (χ1v) is 7.33.